The highest BCUT2D eigenvalue weighted by Gasteiger charge is 2.65. The van der Waals surface area contributed by atoms with E-state index in [9.17, 15) is 31.5 Å². The lowest BCUT2D eigenvalue weighted by Gasteiger charge is -2.22. The molecule has 0 spiro atoms. The Bertz CT molecular complexity index is 350. The highest BCUT2D eigenvalue weighted by Crippen LogP contribution is 2.40. The predicted molar refractivity (Wildman–Crippen MR) is 49.9 cm³/mol. The first-order chi connectivity index (χ1) is 7.57. The average Bonchev–Trinajstić information content (AvgIpc) is 2.95. The van der Waals surface area contributed by atoms with Crippen LogP contribution in [0.15, 0.2) is 0 Å². The lowest BCUT2D eigenvalue weighted by molar-refractivity contribution is -0.270. The molecule has 0 aromatic rings. The summed E-state index contributed by atoms with van der Waals surface area (Å²) >= 11 is 2.76. The first kappa shape index (κ1) is 14.3. The van der Waals surface area contributed by atoms with Crippen molar-refractivity contribution in [2.75, 3.05) is 5.33 Å². The Morgan fingerprint density at radius 3 is 1.94 bits per heavy atom. The fourth-order valence-electron chi connectivity index (χ4n) is 1.15. The lowest BCUT2D eigenvalue weighted by Crippen LogP contribution is -2.56. The Morgan fingerprint density at radius 1 is 1.18 bits per heavy atom. The summed E-state index contributed by atoms with van der Waals surface area (Å²) in [7, 11) is 0. The quantitative estimate of drug-likeness (QED) is 0.633. The molecule has 0 aliphatic heterocycles. The number of hydrogen-bond donors (Lipinski definition) is 1. The van der Waals surface area contributed by atoms with Crippen LogP contribution >= 0.6 is 15.9 Å². The van der Waals surface area contributed by atoms with Gasteiger partial charge in [0.25, 0.3) is 0 Å². The number of carbonyl (C=O) groups is 2. The van der Waals surface area contributed by atoms with Crippen molar-refractivity contribution in [2.24, 2.45) is 0 Å². The van der Waals surface area contributed by atoms with Crippen LogP contribution in [-0.2, 0) is 9.59 Å². The predicted octanol–water partition coefficient (Wildman–Crippen LogP) is 1.80. The zero-order valence-corrected chi connectivity index (χ0v) is 9.79. The smallest absolute Gasteiger partial charge is 0.338 e. The molecule has 1 aliphatic carbocycles. The van der Waals surface area contributed by atoms with Gasteiger partial charge in [-0.3, -0.25) is 9.59 Å². The molecule has 0 saturated heterocycles. The highest BCUT2D eigenvalue weighted by atomic mass is 79.9. The lowest BCUT2D eigenvalue weighted by atomic mass is 10.1. The van der Waals surface area contributed by atoms with Gasteiger partial charge in [0.1, 0.15) is 0 Å². The number of hydrogen-bond acceptors (Lipinski definition) is 2. The van der Waals surface area contributed by atoms with Crippen molar-refractivity contribution in [3.63, 3.8) is 0 Å². The molecule has 3 nitrogen and oxygen atoms in total. The fourth-order valence-corrected chi connectivity index (χ4v) is 1.69. The largest absolute Gasteiger partial charge is 0.463 e. The van der Waals surface area contributed by atoms with E-state index >= 15 is 0 Å². The van der Waals surface area contributed by atoms with E-state index in [0.29, 0.717) is 0 Å². The molecule has 0 bridgehead atoms. The monoisotopic (exact) mass is 323 g/mol. The van der Waals surface area contributed by atoms with Crippen molar-refractivity contribution < 1.29 is 31.5 Å². The summed E-state index contributed by atoms with van der Waals surface area (Å²) in [5.74, 6) is -8.60. The van der Waals surface area contributed by atoms with Gasteiger partial charge in [-0.05, 0) is 12.8 Å². The second kappa shape index (κ2) is 4.18. The topological polar surface area (TPSA) is 46.2 Å². The van der Waals surface area contributed by atoms with Crippen molar-refractivity contribution in [3.8, 4) is 0 Å². The minimum absolute atomic E-state index is 0.0666. The van der Waals surface area contributed by atoms with Gasteiger partial charge in [-0.2, -0.15) is 22.0 Å². The second-order valence-corrected chi connectivity index (χ2v) is 4.23. The van der Waals surface area contributed by atoms with Crippen molar-refractivity contribution in [1.29, 1.82) is 0 Å². The number of ketones is 1. The molecule has 1 aliphatic rings. The molecule has 0 radical (unpaired) electrons. The summed E-state index contributed by atoms with van der Waals surface area (Å²) in [4.78, 5) is 22.1. The molecule has 98 valence electrons. The minimum Gasteiger partial charge on any atom is -0.338 e. The third-order valence-corrected chi connectivity index (χ3v) is 2.91. The van der Waals surface area contributed by atoms with Crippen LogP contribution in [0, 0.1) is 0 Å². The van der Waals surface area contributed by atoms with E-state index in [-0.39, 0.29) is 18.2 Å². The van der Waals surface area contributed by atoms with Gasteiger partial charge >= 0.3 is 18.0 Å². The van der Waals surface area contributed by atoms with E-state index in [1.165, 1.54) is 5.32 Å². The number of carbonyl (C=O) groups excluding carboxylic acids is 2. The van der Waals surface area contributed by atoms with Crippen LogP contribution in [0.2, 0.25) is 0 Å². The molecule has 0 atom stereocenters. The highest BCUT2D eigenvalue weighted by molar-refractivity contribution is 9.09. The molecule has 9 heteroatoms. The molecular weight excluding hydrogens is 317 g/mol. The molecule has 0 heterocycles. The normalized spacial score (nSPS) is 18.7. The second-order valence-electron chi connectivity index (χ2n) is 3.67. The van der Waals surface area contributed by atoms with E-state index in [4.69, 9.17) is 0 Å². The van der Waals surface area contributed by atoms with Crippen LogP contribution < -0.4 is 5.32 Å². The Balaban J connectivity index is 2.78. The van der Waals surface area contributed by atoms with Crippen LogP contribution in [0.25, 0.3) is 0 Å². The maximum atomic E-state index is 12.6. The van der Waals surface area contributed by atoms with Gasteiger partial charge in [0.05, 0.1) is 10.9 Å². The average molecular weight is 324 g/mol. The summed E-state index contributed by atoms with van der Waals surface area (Å²) in [6, 6.07) is 0. The Labute approximate surface area is 101 Å². The van der Waals surface area contributed by atoms with Crippen LogP contribution in [0.4, 0.5) is 22.0 Å². The number of nitrogens with one attached hydrogen (secondary N) is 1. The Kier molecular flexibility index (Phi) is 3.52. The van der Waals surface area contributed by atoms with Crippen LogP contribution in [0.5, 0.6) is 0 Å². The molecule has 1 amide bonds. The maximum Gasteiger partial charge on any atom is 0.463 e. The van der Waals surface area contributed by atoms with Crippen molar-refractivity contribution in [1.82, 2.24) is 5.32 Å². The van der Waals surface area contributed by atoms with Gasteiger partial charge in [-0.15, -0.1) is 0 Å². The standard InChI is InChI=1S/C8H7BrF5NO2/c9-3-4(16)6(1-2-6)15-5(17)7(10,11)8(12,13)14/h1-3H2,(H,15,17). The van der Waals surface area contributed by atoms with Crippen molar-refractivity contribution >= 4 is 27.6 Å². The van der Waals surface area contributed by atoms with Gasteiger partial charge in [0.2, 0.25) is 0 Å². The zero-order valence-electron chi connectivity index (χ0n) is 8.21. The number of amides is 1. The van der Waals surface area contributed by atoms with Crippen LogP contribution in [0.1, 0.15) is 12.8 Å². The number of halogens is 6. The van der Waals surface area contributed by atoms with Crippen molar-refractivity contribution in [2.45, 2.75) is 30.5 Å². The maximum absolute atomic E-state index is 12.6. The summed E-state index contributed by atoms with van der Waals surface area (Å²) in [6.07, 6.45) is -5.83. The first-order valence-electron chi connectivity index (χ1n) is 4.43. The molecule has 0 aromatic carbocycles. The summed E-state index contributed by atoms with van der Waals surface area (Å²) < 4.78 is 60.8. The van der Waals surface area contributed by atoms with Gasteiger partial charge in [-0.25, -0.2) is 0 Å². The minimum atomic E-state index is -5.97. The molecule has 17 heavy (non-hydrogen) atoms. The SMILES string of the molecule is O=C(CBr)C1(NC(=O)C(F)(F)C(F)(F)F)CC1. The first-order valence-corrected chi connectivity index (χ1v) is 5.55. The molecule has 1 saturated carbocycles. The van der Waals surface area contributed by atoms with Crippen LogP contribution in [0.3, 0.4) is 0 Å². The van der Waals surface area contributed by atoms with Gasteiger partial charge in [0.15, 0.2) is 5.78 Å². The molecular formula is C8H7BrF5NO2. The molecule has 1 N–H and O–H groups in total. The zero-order chi connectivity index (χ0) is 13.5. The molecule has 0 aromatic heterocycles. The van der Waals surface area contributed by atoms with Crippen LogP contribution in [-0.4, -0.2) is 34.7 Å². The van der Waals surface area contributed by atoms with Gasteiger partial charge in [-0.1, -0.05) is 15.9 Å². The molecule has 1 fully saturated rings. The van der Waals surface area contributed by atoms with Gasteiger partial charge < -0.3 is 5.32 Å². The molecule has 1 rings (SSSR count). The number of alkyl halides is 6. The van der Waals surface area contributed by atoms with Gasteiger partial charge in [0, 0.05) is 0 Å². The fraction of sp³-hybridized carbons (Fsp3) is 0.750. The number of rotatable bonds is 4. The van der Waals surface area contributed by atoms with E-state index in [1.807, 2.05) is 0 Å². The summed E-state index contributed by atoms with van der Waals surface area (Å²) in [5.41, 5.74) is -1.56. The third kappa shape index (κ3) is 2.58. The molecule has 0 unspecified atom stereocenters. The Hall–Kier alpha value is -0.730. The van der Waals surface area contributed by atoms with E-state index in [1.54, 1.807) is 0 Å². The van der Waals surface area contributed by atoms with E-state index in [2.05, 4.69) is 15.9 Å². The Morgan fingerprint density at radius 2 is 1.65 bits per heavy atom. The third-order valence-electron chi connectivity index (χ3n) is 2.40. The summed E-state index contributed by atoms with van der Waals surface area (Å²) in [6.45, 7) is 0. The van der Waals surface area contributed by atoms with E-state index < -0.39 is 29.3 Å². The van der Waals surface area contributed by atoms with E-state index in [0.717, 1.165) is 0 Å². The summed E-state index contributed by atoms with van der Waals surface area (Å²) in [5, 5.41) is 1.26. The number of Topliss-reactive ketones (excluding diaryl/α,β-unsaturated/α-hetero) is 1. The van der Waals surface area contributed by atoms with Crippen molar-refractivity contribution in [3.05, 3.63) is 0 Å².